The van der Waals surface area contributed by atoms with E-state index in [0.717, 1.165) is 17.7 Å². The number of hydrogen-bond donors (Lipinski definition) is 1. The second-order valence-electron chi connectivity index (χ2n) is 4.16. The summed E-state index contributed by atoms with van der Waals surface area (Å²) in [5, 5.41) is 0. The zero-order chi connectivity index (χ0) is 14.5. The zero-order valence-corrected chi connectivity index (χ0v) is 10.9. The van der Waals surface area contributed by atoms with Gasteiger partial charge in [-0.25, -0.2) is 9.18 Å². The number of ether oxygens (including phenoxy) is 2. The number of halogens is 1. The van der Waals surface area contributed by atoms with Gasteiger partial charge in [-0.15, -0.1) is 0 Å². The summed E-state index contributed by atoms with van der Waals surface area (Å²) < 4.78 is 23.4. The lowest BCUT2D eigenvalue weighted by molar-refractivity contribution is 0.0469. The Kier molecular flexibility index (Phi) is 4.20. The third-order valence-corrected chi connectivity index (χ3v) is 2.71. The van der Waals surface area contributed by atoms with Gasteiger partial charge in [0.15, 0.2) is 0 Å². The number of esters is 1. The Morgan fingerprint density at radius 3 is 2.70 bits per heavy atom. The van der Waals surface area contributed by atoms with Gasteiger partial charge in [0.05, 0.1) is 12.7 Å². The molecule has 0 fully saturated rings. The molecule has 5 heteroatoms. The normalized spacial score (nSPS) is 10.1. The molecular formula is C15H14FNO3. The van der Waals surface area contributed by atoms with Crippen LogP contribution in [-0.4, -0.2) is 13.1 Å². The van der Waals surface area contributed by atoms with Crippen molar-refractivity contribution in [1.29, 1.82) is 0 Å². The molecule has 2 aromatic carbocycles. The number of hydrogen-bond acceptors (Lipinski definition) is 4. The molecule has 2 aromatic rings. The molecule has 4 nitrogen and oxygen atoms in total. The fourth-order valence-electron chi connectivity index (χ4n) is 1.78. The maximum absolute atomic E-state index is 13.2. The van der Waals surface area contributed by atoms with Crippen LogP contribution in [0.25, 0.3) is 0 Å². The van der Waals surface area contributed by atoms with E-state index >= 15 is 0 Å². The standard InChI is InChI=1S/C15H14FNO3/c1-19-14-5-3-2-4-10(14)9-20-15(18)11-6-12(16)8-13(17)7-11/h2-8H,9,17H2,1H3. The summed E-state index contributed by atoms with van der Waals surface area (Å²) in [5.74, 6) is -0.588. The Labute approximate surface area is 115 Å². The second kappa shape index (κ2) is 6.06. The summed E-state index contributed by atoms with van der Waals surface area (Å²) in [6, 6.07) is 10.8. The molecule has 20 heavy (non-hydrogen) atoms. The van der Waals surface area contributed by atoms with E-state index in [1.807, 2.05) is 12.1 Å². The van der Waals surface area contributed by atoms with E-state index < -0.39 is 11.8 Å². The first kappa shape index (κ1) is 13.9. The molecule has 0 heterocycles. The Morgan fingerprint density at radius 2 is 2.00 bits per heavy atom. The smallest absolute Gasteiger partial charge is 0.338 e. The first-order chi connectivity index (χ1) is 9.60. The minimum atomic E-state index is -0.637. The number of nitrogens with two attached hydrogens (primary N) is 1. The van der Waals surface area contributed by atoms with Gasteiger partial charge in [-0.1, -0.05) is 18.2 Å². The van der Waals surface area contributed by atoms with Crippen molar-refractivity contribution < 1.29 is 18.7 Å². The minimum absolute atomic E-state index is 0.0409. The van der Waals surface area contributed by atoms with Crippen LogP contribution in [0, 0.1) is 5.82 Å². The highest BCUT2D eigenvalue weighted by molar-refractivity contribution is 5.90. The number of nitrogen functional groups attached to an aromatic ring is 1. The van der Waals surface area contributed by atoms with Crippen LogP contribution >= 0.6 is 0 Å². The fourth-order valence-corrected chi connectivity index (χ4v) is 1.78. The number of benzene rings is 2. The number of carbonyl (C=O) groups is 1. The summed E-state index contributed by atoms with van der Waals surface area (Å²) >= 11 is 0. The summed E-state index contributed by atoms with van der Waals surface area (Å²) in [5.41, 5.74) is 6.47. The molecule has 0 atom stereocenters. The van der Waals surface area contributed by atoms with Crippen molar-refractivity contribution in [2.24, 2.45) is 0 Å². The van der Waals surface area contributed by atoms with Gasteiger partial charge in [0.1, 0.15) is 18.2 Å². The Hall–Kier alpha value is -2.56. The lowest BCUT2D eigenvalue weighted by Crippen LogP contribution is -2.07. The highest BCUT2D eigenvalue weighted by atomic mass is 19.1. The largest absolute Gasteiger partial charge is 0.496 e. The average Bonchev–Trinajstić information content (AvgIpc) is 2.44. The highest BCUT2D eigenvalue weighted by Gasteiger charge is 2.11. The van der Waals surface area contributed by atoms with Crippen molar-refractivity contribution in [3.63, 3.8) is 0 Å². The van der Waals surface area contributed by atoms with Gasteiger partial charge >= 0.3 is 5.97 Å². The molecule has 0 bridgehead atoms. The molecule has 0 amide bonds. The lowest BCUT2D eigenvalue weighted by atomic mass is 10.2. The third kappa shape index (κ3) is 3.26. The molecular weight excluding hydrogens is 261 g/mol. The highest BCUT2D eigenvalue weighted by Crippen LogP contribution is 2.19. The van der Waals surface area contributed by atoms with Gasteiger partial charge < -0.3 is 15.2 Å². The summed E-state index contributed by atoms with van der Waals surface area (Å²) in [7, 11) is 1.54. The number of methoxy groups -OCH3 is 1. The van der Waals surface area contributed by atoms with Gasteiger partial charge in [-0.2, -0.15) is 0 Å². The maximum Gasteiger partial charge on any atom is 0.338 e. The van der Waals surface area contributed by atoms with Gasteiger partial charge in [0.2, 0.25) is 0 Å². The van der Waals surface area contributed by atoms with Crippen molar-refractivity contribution in [3.8, 4) is 5.75 Å². The number of para-hydroxylation sites is 1. The molecule has 2 rings (SSSR count). The molecule has 104 valence electrons. The molecule has 0 spiro atoms. The molecule has 0 aliphatic carbocycles. The SMILES string of the molecule is COc1ccccc1COC(=O)c1cc(N)cc(F)c1. The first-order valence-corrected chi connectivity index (χ1v) is 5.95. The predicted octanol–water partition coefficient (Wildman–Crippen LogP) is 2.77. The van der Waals surface area contributed by atoms with E-state index in [-0.39, 0.29) is 17.9 Å². The number of rotatable bonds is 4. The molecule has 0 aliphatic heterocycles. The second-order valence-corrected chi connectivity index (χ2v) is 4.16. The maximum atomic E-state index is 13.2. The predicted molar refractivity (Wildman–Crippen MR) is 72.9 cm³/mol. The Balaban J connectivity index is 2.08. The average molecular weight is 275 g/mol. The zero-order valence-electron chi connectivity index (χ0n) is 10.9. The summed E-state index contributed by atoms with van der Waals surface area (Å²) in [6.07, 6.45) is 0. The van der Waals surface area contributed by atoms with E-state index in [9.17, 15) is 9.18 Å². The molecule has 0 saturated carbocycles. The lowest BCUT2D eigenvalue weighted by Gasteiger charge is -2.09. The van der Waals surface area contributed by atoms with Gasteiger partial charge in [-0.05, 0) is 24.3 Å². The summed E-state index contributed by atoms with van der Waals surface area (Å²) in [4.78, 5) is 11.8. The van der Waals surface area contributed by atoms with E-state index in [4.69, 9.17) is 15.2 Å². The first-order valence-electron chi connectivity index (χ1n) is 5.95. The van der Waals surface area contributed by atoms with Crippen LogP contribution in [0.2, 0.25) is 0 Å². The number of anilines is 1. The van der Waals surface area contributed by atoms with Crippen molar-refractivity contribution in [3.05, 3.63) is 59.4 Å². The van der Waals surface area contributed by atoms with Gasteiger partial charge in [0, 0.05) is 11.3 Å². The van der Waals surface area contributed by atoms with Gasteiger partial charge in [-0.3, -0.25) is 0 Å². The van der Waals surface area contributed by atoms with Crippen LogP contribution in [-0.2, 0) is 11.3 Å². The van der Waals surface area contributed by atoms with Crippen LogP contribution < -0.4 is 10.5 Å². The van der Waals surface area contributed by atoms with E-state index in [0.29, 0.717) is 5.75 Å². The Morgan fingerprint density at radius 1 is 1.25 bits per heavy atom. The quantitative estimate of drug-likeness (QED) is 0.688. The van der Waals surface area contributed by atoms with Crippen LogP contribution in [0.5, 0.6) is 5.75 Å². The summed E-state index contributed by atoms with van der Waals surface area (Å²) in [6.45, 7) is 0.0409. The molecule has 0 aliphatic rings. The monoisotopic (exact) mass is 275 g/mol. The topological polar surface area (TPSA) is 61.5 Å². The molecule has 2 N–H and O–H groups in total. The number of carbonyl (C=O) groups excluding carboxylic acids is 1. The molecule has 0 unspecified atom stereocenters. The third-order valence-electron chi connectivity index (χ3n) is 2.71. The van der Waals surface area contributed by atoms with Crippen LogP contribution in [0.1, 0.15) is 15.9 Å². The molecule has 0 radical (unpaired) electrons. The van der Waals surface area contributed by atoms with Gasteiger partial charge in [0.25, 0.3) is 0 Å². The minimum Gasteiger partial charge on any atom is -0.496 e. The van der Waals surface area contributed by atoms with E-state index in [2.05, 4.69) is 0 Å². The van der Waals surface area contributed by atoms with Crippen LogP contribution in [0.15, 0.2) is 42.5 Å². The van der Waals surface area contributed by atoms with E-state index in [1.54, 1.807) is 12.1 Å². The van der Waals surface area contributed by atoms with Crippen LogP contribution in [0.3, 0.4) is 0 Å². The van der Waals surface area contributed by atoms with Crippen molar-refractivity contribution in [2.45, 2.75) is 6.61 Å². The van der Waals surface area contributed by atoms with E-state index in [1.165, 1.54) is 13.2 Å². The van der Waals surface area contributed by atoms with Crippen molar-refractivity contribution >= 4 is 11.7 Å². The molecule has 0 saturated heterocycles. The van der Waals surface area contributed by atoms with Crippen molar-refractivity contribution in [1.82, 2.24) is 0 Å². The van der Waals surface area contributed by atoms with Crippen LogP contribution in [0.4, 0.5) is 10.1 Å². The molecule has 0 aromatic heterocycles. The fraction of sp³-hybridized carbons (Fsp3) is 0.133. The Bertz CT molecular complexity index is 608. The van der Waals surface area contributed by atoms with Crippen molar-refractivity contribution in [2.75, 3.05) is 12.8 Å².